The fourth-order valence-electron chi connectivity index (χ4n) is 1.48. The van der Waals surface area contributed by atoms with E-state index < -0.39 is 11.7 Å². The Labute approximate surface area is 92.2 Å². The van der Waals surface area contributed by atoms with E-state index in [2.05, 4.69) is 4.74 Å². The highest BCUT2D eigenvalue weighted by atomic mass is 19.4. The molecule has 2 nitrogen and oxygen atoms in total. The monoisotopic (exact) mass is 233 g/mol. The third-order valence-electron chi connectivity index (χ3n) is 2.13. The molecule has 1 aromatic rings. The van der Waals surface area contributed by atoms with E-state index >= 15 is 0 Å². The zero-order valence-electron chi connectivity index (χ0n) is 9.14. The molecule has 0 spiro atoms. The van der Waals surface area contributed by atoms with Crippen LogP contribution in [0.25, 0.3) is 0 Å². The van der Waals surface area contributed by atoms with Crippen LogP contribution in [-0.2, 0) is 12.6 Å². The van der Waals surface area contributed by atoms with Crippen LogP contribution in [-0.4, -0.2) is 13.2 Å². The van der Waals surface area contributed by atoms with E-state index in [1.54, 1.807) is 13.0 Å². The van der Waals surface area contributed by atoms with E-state index in [9.17, 15) is 13.2 Å². The lowest BCUT2D eigenvalue weighted by molar-refractivity contribution is -0.138. The average Bonchev–Trinajstić information content (AvgIpc) is 2.15. The number of methoxy groups -OCH3 is 1. The molecular weight excluding hydrogens is 219 g/mol. The maximum Gasteiger partial charge on any atom is 0.419 e. The van der Waals surface area contributed by atoms with E-state index in [-0.39, 0.29) is 11.8 Å². The van der Waals surface area contributed by atoms with Gasteiger partial charge in [0.15, 0.2) is 0 Å². The Hall–Kier alpha value is -1.23. The fraction of sp³-hybridized carbons (Fsp3) is 0.455. The van der Waals surface area contributed by atoms with Crippen LogP contribution in [0.1, 0.15) is 18.1 Å². The minimum absolute atomic E-state index is 0.166. The van der Waals surface area contributed by atoms with Crippen molar-refractivity contribution in [3.05, 3.63) is 29.3 Å². The van der Waals surface area contributed by atoms with E-state index in [1.807, 2.05) is 0 Å². The molecule has 5 heteroatoms. The SMILES string of the molecule is COc1ccc(CC(C)N)cc1C(F)(F)F. The minimum Gasteiger partial charge on any atom is -0.496 e. The summed E-state index contributed by atoms with van der Waals surface area (Å²) in [6.07, 6.45) is -3.99. The number of hydrogen-bond acceptors (Lipinski definition) is 2. The van der Waals surface area contributed by atoms with E-state index in [0.29, 0.717) is 12.0 Å². The second-order valence-corrected chi connectivity index (χ2v) is 3.71. The molecule has 0 fully saturated rings. The fourth-order valence-corrected chi connectivity index (χ4v) is 1.48. The zero-order valence-corrected chi connectivity index (χ0v) is 9.14. The van der Waals surface area contributed by atoms with Gasteiger partial charge in [-0.15, -0.1) is 0 Å². The maximum atomic E-state index is 12.6. The Balaban J connectivity index is 3.12. The van der Waals surface area contributed by atoms with Crippen LogP contribution in [0.15, 0.2) is 18.2 Å². The third kappa shape index (κ3) is 3.13. The Morgan fingerprint density at radius 2 is 2.00 bits per heavy atom. The van der Waals surface area contributed by atoms with Gasteiger partial charge in [-0.2, -0.15) is 13.2 Å². The largest absolute Gasteiger partial charge is 0.496 e. The topological polar surface area (TPSA) is 35.2 Å². The van der Waals surface area contributed by atoms with Crippen LogP contribution >= 0.6 is 0 Å². The molecule has 0 bridgehead atoms. The second-order valence-electron chi connectivity index (χ2n) is 3.71. The summed E-state index contributed by atoms with van der Waals surface area (Å²) < 4.78 is 42.6. The molecule has 16 heavy (non-hydrogen) atoms. The Kier molecular flexibility index (Phi) is 3.80. The molecular formula is C11H14F3NO. The van der Waals surface area contributed by atoms with Crippen LogP contribution in [0.4, 0.5) is 13.2 Å². The van der Waals surface area contributed by atoms with Gasteiger partial charge in [-0.3, -0.25) is 0 Å². The molecule has 2 N–H and O–H groups in total. The van der Waals surface area contributed by atoms with Crippen LogP contribution < -0.4 is 10.5 Å². The molecule has 0 aliphatic rings. The lowest BCUT2D eigenvalue weighted by Crippen LogP contribution is -2.18. The van der Waals surface area contributed by atoms with Gasteiger partial charge in [-0.25, -0.2) is 0 Å². The molecule has 0 heterocycles. The van der Waals surface area contributed by atoms with Gasteiger partial charge in [0.2, 0.25) is 0 Å². The summed E-state index contributed by atoms with van der Waals surface area (Å²) in [5.41, 5.74) is 5.34. The van der Waals surface area contributed by atoms with Gasteiger partial charge in [0.05, 0.1) is 12.7 Å². The van der Waals surface area contributed by atoms with Crippen LogP contribution in [0.3, 0.4) is 0 Å². The van der Waals surface area contributed by atoms with Crippen molar-refractivity contribution in [2.45, 2.75) is 25.6 Å². The summed E-state index contributed by atoms with van der Waals surface area (Å²) >= 11 is 0. The molecule has 1 rings (SSSR count). The van der Waals surface area contributed by atoms with Crippen molar-refractivity contribution in [1.82, 2.24) is 0 Å². The summed E-state index contributed by atoms with van der Waals surface area (Å²) in [6.45, 7) is 1.75. The van der Waals surface area contributed by atoms with Crippen molar-refractivity contribution in [3.63, 3.8) is 0 Å². The minimum atomic E-state index is -4.40. The average molecular weight is 233 g/mol. The maximum absolute atomic E-state index is 12.6. The van der Waals surface area contributed by atoms with Gasteiger partial charge in [-0.1, -0.05) is 6.07 Å². The first-order valence-electron chi connectivity index (χ1n) is 4.84. The smallest absolute Gasteiger partial charge is 0.419 e. The van der Waals surface area contributed by atoms with Crippen molar-refractivity contribution < 1.29 is 17.9 Å². The van der Waals surface area contributed by atoms with E-state index in [0.717, 1.165) is 6.07 Å². The summed E-state index contributed by atoms with van der Waals surface area (Å²) in [6, 6.07) is 3.83. The molecule has 0 radical (unpaired) electrons. The number of halogens is 3. The van der Waals surface area contributed by atoms with Gasteiger partial charge in [0, 0.05) is 6.04 Å². The van der Waals surface area contributed by atoms with E-state index in [4.69, 9.17) is 5.73 Å². The number of ether oxygens (including phenoxy) is 1. The first-order valence-corrected chi connectivity index (χ1v) is 4.84. The lowest BCUT2D eigenvalue weighted by atomic mass is 10.0. The number of alkyl halides is 3. The standard InChI is InChI=1S/C11H14F3NO/c1-7(15)5-8-3-4-10(16-2)9(6-8)11(12,13)14/h3-4,6-7H,5,15H2,1-2H3. The quantitative estimate of drug-likeness (QED) is 0.870. The van der Waals surface area contributed by atoms with Crippen molar-refractivity contribution in [2.24, 2.45) is 5.73 Å². The van der Waals surface area contributed by atoms with Gasteiger partial charge in [-0.05, 0) is 31.0 Å². The highest BCUT2D eigenvalue weighted by molar-refractivity contribution is 5.39. The molecule has 0 aliphatic carbocycles. The molecule has 1 aromatic carbocycles. The van der Waals surface area contributed by atoms with Crippen molar-refractivity contribution in [1.29, 1.82) is 0 Å². The molecule has 0 amide bonds. The van der Waals surface area contributed by atoms with Crippen LogP contribution in [0.2, 0.25) is 0 Å². The molecule has 1 atom stereocenters. The summed E-state index contributed by atoms with van der Waals surface area (Å²) in [4.78, 5) is 0. The van der Waals surface area contributed by atoms with Gasteiger partial charge >= 0.3 is 6.18 Å². The van der Waals surface area contributed by atoms with Gasteiger partial charge in [0.25, 0.3) is 0 Å². The van der Waals surface area contributed by atoms with Gasteiger partial charge < -0.3 is 10.5 Å². The van der Waals surface area contributed by atoms with Crippen molar-refractivity contribution in [2.75, 3.05) is 7.11 Å². The van der Waals surface area contributed by atoms with Crippen molar-refractivity contribution >= 4 is 0 Å². The molecule has 90 valence electrons. The number of nitrogens with two attached hydrogens (primary N) is 1. The Bertz CT molecular complexity index is 361. The van der Waals surface area contributed by atoms with Gasteiger partial charge in [0.1, 0.15) is 5.75 Å². The lowest BCUT2D eigenvalue weighted by Gasteiger charge is -2.14. The summed E-state index contributed by atoms with van der Waals surface area (Å²) in [5, 5.41) is 0. The summed E-state index contributed by atoms with van der Waals surface area (Å²) in [7, 11) is 1.22. The Morgan fingerprint density at radius 3 is 2.44 bits per heavy atom. The normalized spacial score (nSPS) is 13.6. The number of rotatable bonds is 3. The van der Waals surface area contributed by atoms with Crippen LogP contribution in [0, 0.1) is 0 Å². The molecule has 0 aromatic heterocycles. The highest BCUT2D eigenvalue weighted by Crippen LogP contribution is 2.36. The Morgan fingerprint density at radius 1 is 1.38 bits per heavy atom. The first kappa shape index (κ1) is 12.8. The molecule has 0 aliphatic heterocycles. The third-order valence-corrected chi connectivity index (χ3v) is 2.13. The molecule has 0 saturated heterocycles. The summed E-state index contributed by atoms with van der Waals surface area (Å²) in [5.74, 6) is -0.166. The predicted molar refractivity (Wildman–Crippen MR) is 55.3 cm³/mol. The molecule has 0 saturated carbocycles. The second kappa shape index (κ2) is 4.74. The van der Waals surface area contributed by atoms with E-state index in [1.165, 1.54) is 13.2 Å². The molecule has 1 unspecified atom stereocenters. The highest BCUT2D eigenvalue weighted by Gasteiger charge is 2.34. The number of benzene rings is 1. The zero-order chi connectivity index (χ0) is 12.3. The number of hydrogen-bond donors (Lipinski definition) is 1. The van der Waals surface area contributed by atoms with Crippen LogP contribution in [0.5, 0.6) is 5.75 Å². The van der Waals surface area contributed by atoms with Crippen molar-refractivity contribution in [3.8, 4) is 5.75 Å². The first-order chi connectivity index (χ1) is 7.34. The predicted octanol–water partition coefficient (Wildman–Crippen LogP) is 2.60.